The summed E-state index contributed by atoms with van der Waals surface area (Å²) in [6, 6.07) is 11.5. The highest BCUT2D eigenvalue weighted by Crippen LogP contribution is 2.15. The van der Waals surface area contributed by atoms with Crippen LogP contribution in [0.5, 0.6) is 11.5 Å². The molecule has 1 amide bonds. The standard InChI is InChI=1S/C21H17F2NO5/c1-27-14-5-2-4-13(8-14)11-28-20-12-29-19(9-18(20)25)21(26)24-10-15-16(22)6-3-7-17(15)23/h2-9,12H,10-11H2,1H3,(H,24,26). The number of amides is 1. The normalized spacial score (nSPS) is 10.4. The van der Waals surface area contributed by atoms with E-state index in [1.807, 2.05) is 0 Å². The third-order valence-corrected chi connectivity index (χ3v) is 4.04. The van der Waals surface area contributed by atoms with E-state index < -0.39 is 29.5 Å². The topological polar surface area (TPSA) is 77.8 Å². The number of hydrogen-bond acceptors (Lipinski definition) is 5. The lowest BCUT2D eigenvalue weighted by atomic mass is 10.2. The second-order valence-corrected chi connectivity index (χ2v) is 6.00. The van der Waals surface area contributed by atoms with Crippen LogP contribution in [0, 0.1) is 11.6 Å². The van der Waals surface area contributed by atoms with Crippen LogP contribution in [0.1, 0.15) is 21.7 Å². The number of carbonyl (C=O) groups excluding carboxylic acids is 1. The van der Waals surface area contributed by atoms with Crippen LogP contribution in [0.2, 0.25) is 0 Å². The van der Waals surface area contributed by atoms with Crippen molar-refractivity contribution in [1.29, 1.82) is 0 Å². The van der Waals surface area contributed by atoms with Crippen LogP contribution >= 0.6 is 0 Å². The van der Waals surface area contributed by atoms with Gasteiger partial charge in [0.15, 0.2) is 5.76 Å². The molecule has 1 N–H and O–H groups in total. The number of carbonyl (C=O) groups is 1. The van der Waals surface area contributed by atoms with Crippen molar-refractivity contribution in [1.82, 2.24) is 5.32 Å². The highest BCUT2D eigenvalue weighted by atomic mass is 19.1. The van der Waals surface area contributed by atoms with Gasteiger partial charge in [0.2, 0.25) is 11.2 Å². The molecule has 0 saturated carbocycles. The minimum absolute atomic E-state index is 0.0791. The maximum atomic E-state index is 13.6. The molecule has 29 heavy (non-hydrogen) atoms. The van der Waals surface area contributed by atoms with Gasteiger partial charge in [0.1, 0.15) is 30.3 Å². The van der Waals surface area contributed by atoms with Crippen molar-refractivity contribution >= 4 is 5.91 Å². The Morgan fingerprint density at radius 2 is 1.83 bits per heavy atom. The van der Waals surface area contributed by atoms with E-state index in [0.29, 0.717) is 5.75 Å². The molecule has 0 radical (unpaired) electrons. The molecule has 0 unspecified atom stereocenters. The smallest absolute Gasteiger partial charge is 0.287 e. The molecule has 2 aromatic carbocycles. The first-order valence-corrected chi connectivity index (χ1v) is 8.57. The van der Waals surface area contributed by atoms with Crippen molar-refractivity contribution < 1.29 is 27.5 Å². The van der Waals surface area contributed by atoms with Gasteiger partial charge < -0.3 is 19.2 Å². The van der Waals surface area contributed by atoms with Gasteiger partial charge in [0, 0.05) is 18.2 Å². The van der Waals surface area contributed by atoms with E-state index in [0.717, 1.165) is 30.0 Å². The number of benzene rings is 2. The van der Waals surface area contributed by atoms with Gasteiger partial charge >= 0.3 is 0 Å². The highest BCUT2D eigenvalue weighted by molar-refractivity contribution is 5.91. The third-order valence-electron chi connectivity index (χ3n) is 4.04. The molecular formula is C21H17F2NO5. The lowest BCUT2D eigenvalue weighted by molar-refractivity contribution is 0.0919. The summed E-state index contributed by atoms with van der Waals surface area (Å²) in [5.41, 5.74) is -0.0831. The Balaban J connectivity index is 1.64. The second kappa shape index (κ2) is 9.01. The molecule has 0 aliphatic carbocycles. The van der Waals surface area contributed by atoms with E-state index in [-0.39, 0.29) is 23.7 Å². The fourth-order valence-corrected chi connectivity index (χ4v) is 2.50. The summed E-state index contributed by atoms with van der Waals surface area (Å²) in [7, 11) is 1.54. The van der Waals surface area contributed by atoms with Crippen LogP contribution in [-0.2, 0) is 13.2 Å². The van der Waals surface area contributed by atoms with Crippen molar-refractivity contribution in [3.8, 4) is 11.5 Å². The van der Waals surface area contributed by atoms with E-state index in [4.69, 9.17) is 13.9 Å². The summed E-state index contributed by atoms with van der Waals surface area (Å²) in [6.07, 6.45) is 1.01. The first kappa shape index (κ1) is 20.1. The molecule has 8 heteroatoms. The second-order valence-electron chi connectivity index (χ2n) is 6.00. The number of nitrogens with one attached hydrogen (secondary N) is 1. The first-order chi connectivity index (χ1) is 14.0. The fourth-order valence-electron chi connectivity index (χ4n) is 2.50. The molecule has 0 saturated heterocycles. The Kier molecular flexibility index (Phi) is 6.23. The molecule has 0 spiro atoms. The average Bonchev–Trinajstić information content (AvgIpc) is 2.72. The first-order valence-electron chi connectivity index (χ1n) is 8.57. The van der Waals surface area contributed by atoms with Crippen LogP contribution in [0.4, 0.5) is 8.78 Å². The summed E-state index contributed by atoms with van der Waals surface area (Å²) in [6.45, 7) is -0.296. The van der Waals surface area contributed by atoms with Gasteiger partial charge in [-0.2, -0.15) is 0 Å². The Hall–Kier alpha value is -3.68. The van der Waals surface area contributed by atoms with Gasteiger partial charge in [-0.15, -0.1) is 0 Å². The van der Waals surface area contributed by atoms with Crippen molar-refractivity contribution in [2.75, 3.05) is 7.11 Å². The lowest BCUT2D eigenvalue weighted by Crippen LogP contribution is -2.25. The quantitative estimate of drug-likeness (QED) is 0.656. The average molecular weight is 401 g/mol. The molecule has 0 fully saturated rings. The van der Waals surface area contributed by atoms with E-state index in [1.54, 1.807) is 31.4 Å². The van der Waals surface area contributed by atoms with E-state index in [9.17, 15) is 18.4 Å². The molecule has 3 aromatic rings. The summed E-state index contributed by atoms with van der Waals surface area (Å²) in [4.78, 5) is 24.3. The largest absolute Gasteiger partial charge is 0.497 e. The monoisotopic (exact) mass is 401 g/mol. The van der Waals surface area contributed by atoms with Gasteiger partial charge in [0.25, 0.3) is 5.91 Å². The van der Waals surface area contributed by atoms with E-state index in [1.165, 1.54) is 6.07 Å². The predicted octanol–water partition coefficient (Wildman–Crippen LogP) is 3.44. The lowest BCUT2D eigenvalue weighted by Gasteiger charge is -2.08. The zero-order chi connectivity index (χ0) is 20.8. The predicted molar refractivity (Wildman–Crippen MR) is 99.8 cm³/mol. The number of halogens is 2. The molecular weight excluding hydrogens is 384 g/mol. The molecule has 1 heterocycles. The minimum Gasteiger partial charge on any atom is -0.497 e. The van der Waals surface area contributed by atoms with Crippen molar-refractivity contribution in [3.63, 3.8) is 0 Å². The molecule has 6 nitrogen and oxygen atoms in total. The molecule has 1 aromatic heterocycles. The van der Waals surface area contributed by atoms with Crippen LogP contribution in [-0.4, -0.2) is 13.0 Å². The summed E-state index contributed by atoms with van der Waals surface area (Å²) in [5.74, 6) is -2.09. The van der Waals surface area contributed by atoms with Gasteiger partial charge in [0.05, 0.1) is 7.11 Å². The van der Waals surface area contributed by atoms with E-state index in [2.05, 4.69) is 5.32 Å². The Labute approximate surface area is 164 Å². The maximum absolute atomic E-state index is 13.6. The molecule has 0 bridgehead atoms. The van der Waals surface area contributed by atoms with Gasteiger partial charge in [-0.05, 0) is 29.8 Å². The van der Waals surface area contributed by atoms with Crippen LogP contribution < -0.4 is 20.2 Å². The van der Waals surface area contributed by atoms with Crippen LogP contribution in [0.25, 0.3) is 0 Å². The number of hydrogen-bond donors (Lipinski definition) is 1. The SMILES string of the molecule is COc1cccc(COc2coc(C(=O)NCc3c(F)cccc3F)cc2=O)c1. The van der Waals surface area contributed by atoms with Crippen molar-refractivity contribution in [2.24, 2.45) is 0 Å². The third kappa shape index (κ3) is 4.98. The van der Waals surface area contributed by atoms with Crippen molar-refractivity contribution in [2.45, 2.75) is 13.2 Å². The van der Waals surface area contributed by atoms with Gasteiger partial charge in [-0.3, -0.25) is 9.59 Å². The number of methoxy groups -OCH3 is 1. The van der Waals surface area contributed by atoms with E-state index >= 15 is 0 Å². The van der Waals surface area contributed by atoms with Crippen LogP contribution in [0.15, 0.2) is 64.0 Å². The molecule has 150 valence electrons. The van der Waals surface area contributed by atoms with Gasteiger partial charge in [-0.25, -0.2) is 8.78 Å². The fraction of sp³-hybridized carbons (Fsp3) is 0.143. The van der Waals surface area contributed by atoms with Gasteiger partial charge in [-0.1, -0.05) is 18.2 Å². The Bertz CT molecular complexity index is 1060. The molecule has 0 aliphatic rings. The molecule has 0 aliphatic heterocycles. The zero-order valence-corrected chi connectivity index (χ0v) is 15.4. The Morgan fingerprint density at radius 3 is 2.52 bits per heavy atom. The summed E-state index contributed by atoms with van der Waals surface area (Å²) >= 11 is 0. The number of rotatable bonds is 7. The highest BCUT2D eigenvalue weighted by Gasteiger charge is 2.15. The minimum atomic E-state index is -0.788. The number of ether oxygens (including phenoxy) is 2. The zero-order valence-electron chi connectivity index (χ0n) is 15.4. The molecule has 0 atom stereocenters. The van der Waals surface area contributed by atoms with Crippen LogP contribution in [0.3, 0.4) is 0 Å². The Morgan fingerprint density at radius 1 is 1.10 bits per heavy atom. The summed E-state index contributed by atoms with van der Waals surface area (Å²) in [5, 5.41) is 2.31. The van der Waals surface area contributed by atoms with Crippen molar-refractivity contribution in [3.05, 3.63) is 93.5 Å². The maximum Gasteiger partial charge on any atom is 0.287 e. The summed E-state index contributed by atoms with van der Waals surface area (Å²) < 4.78 is 42.9. The molecule has 3 rings (SSSR count).